The zero-order valence-corrected chi connectivity index (χ0v) is 12.4. The number of nitrogens with zero attached hydrogens (tertiary/aromatic N) is 1. The van der Waals surface area contributed by atoms with Crippen LogP contribution < -0.4 is 0 Å². The molecule has 1 saturated heterocycles. The van der Waals surface area contributed by atoms with Crippen molar-refractivity contribution in [3.8, 4) is 0 Å². The number of hydrogen-bond acceptors (Lipinski definition) is 4. The van der Waals surface area contributed by atoms with Gasteiger partial charge >= 0.3 is 0 Å². The van der Waals surface area contributed by atoms with E-state index in [1.54, 1.807) is 12.1 Å². The predicted molar refractivity (Wildman–Crippen MR) is 82.4 cm³/mol. The van der Waals surface area contributed by atoms with E-state index in [9.17, 15) is 4.39 Å². The zero-order valence-electron chi connectivity index (χ0n) is 12.4. The van der Waals surface area contributed by atoms with Crippen LogP contribution in [0.5, 0.6) is 0 Å². The number of benzene rings is 2. The van der Waals surface area contributed by atoms with Crippen molar-refractivity contribution in [3.05, 3.63) is 71.5 Å². The largest absolute Gasteiger partial charge is 0.389 e. The minimum atomic E-state index is -0.512. The maximum absolute atomic E-state index is 13.0. The van der Waals surface area contributed by atoms with Gasteiger partial charge < -0.3 is 14.3 Å². The van der Waals surface area contributed by atoms with Gasteiger partial charge in [-0.2, -0.15) is 0 Å². The predicted octanol–water partition coefficient (Wildman–Crippen LogP) is 3.29. The van der Waals surface area contributed by atoms with Gasteiger partial charge in [0.2, 0.25) is 0 Å². The summed E-state index contributed by atoms with van der Waals surface area (Å²) < 4.78 is 24.7. The van der Waals surface area contributed by atoms with Crippen LogP contribution in [0.3, 0.4) is 0 Å². The molecule has 2 aliphatic rings. The Balaban J connectivity index is 1.52. The molecule has 0 radical (unpaired) electrons. The smallest absolute Gasteiger partial charge is 0.184 e. The fourth-order valence-electron chi connectivity index (χ4n) is 2.88. The fourth-order valence-corrected chi connectivity index (χ4v) is 2.88. The molecule has 2 aromatic carbocycles. The minimum Gasteiger partial charge on any atom is -0.389 e. The molecule has 1 fully saturated rings. The summed E-state index contributed by atoms with van der Waals surface area (Å²) in [6.45, 7) is 0.826. The van der Waals surface area contributed by atoms with Crippen molar-refractivity contribution in [2.45, 2.75) is 12.4 Å². The van der Waals surface area contributed by atoms with Gasteiger partial charge in [0, 0.05) is 5.56 Å². The molecule has 23 heavy (non-hydrogen) atoms. The van der Waals surface area contributed by atoms with Crippen LogP contribution in [-0.2, 0) is 14.3 Å². The van der Waals surface area contributed by atoms with E-state index >= 15 is 0 Å². The third-order valence-electron chi connectivity index (χ3n) is 4.14. The molecule has 2 heterocycles. The maximum atomic E-state index is 13.0. The van der Waals surface area contributed by atoms with Gasteiger partial charge in [0.15, 0.2) is 12.4 Å². The molecule has 0 spiro atoms. The van der Waals surface area contributed by atoms with Crippen LogP contribution in [0.15, 0.2) is 59.8 Å². The molecule has 0 unspecified atom stereocenters. The van der Waals surface area contributed by atoms with E-state index < -0.39 is 6.29 Å². The zero-order chi connectivity index (χ0) is 15.6. The lowest BCUT2D eigenvalue weighted by molar-refractivity contribution is -0.139. The molecule has 0 N–H and O–H groups in total. The Bertz CT molecular complexity index is 702. The Morgan fingerprint density at radius 2 is 1.65 bits per heavy atom. The average Bonchev–Trinajstić information content (AvgIpc) is 2.88. The van der Waals surface area contributed by atoms with E-state index in [1.807, 2.05) is 30.3 Å². The van der Waals surface area contributed by atoms with E-state index in [4.69, 9.17) is 14.3 Å². The highest BCUT2D eigenvalue weighted by Crippen LogP contribution is 2.31. The second-order valence-electron chi connectivity index (χ2n) is 5.64. The van der Waals surface area contributed by atoms with Crippen molar-refractivity contribution in [1.82, 2.24) is 0 Å². The Labute approximate surface area is 133 Å². The van der Waals surface area contributed by atoms with Crippen molar-refractivity contribution in [2.24, 2.45) is 11.1 Å². The topological polar surface area (TPSA) is 40.0 Å². The molecule has 5 heteroatoms. The van der Waals surface area contributed by atoms with Gasteiger partial charge in [-0.3, -0.25) is 0 Å². The van der Waals surface area contributed by atoms with Crippen molar-refractivity contribution in [3.63, 3.8) is 0 Å². The SMILES string of the molecule is Fc1ccc([C@@H]2OC[C@@H]3ON=C(c4ccccc4)[C@@H]3CO2)cc1. The summed E-state index contributed by atoms with van der Waals surface area (Å²) in [5.41, 5.74) is 2.72. The van der Waals surface area contributed by atoms with Crippen LogP contribution in [-0.4, -0.2) is 25.0 Å². The van der Waals surface area contributed by atoms with Crippen molar-refractivity contribution in [1.29, 1.82) is 0 Å². The normalized spacial score (nSPS) is 26.8. The van der Waals surface area contributed by atoms with Crippen LogP contribution >= 0.6 is 0 Å². The molecule has 0 bridgehead atoms. The molecule has 0 aliphatic carbocycles. The van der Waals surface area contributed by atoms with Crippen molar-refractivity contribution < 1.29 is 18.7 Å². The minimum absolute atomic E-state index is 0.0304. The van der Waals surface area contributed by atoms with Gasteiger partial charge in [0.1, 0.15) is 5.82 Å². The molecular weight excluding hydrogens is 297 g/mol. The first-order chi connectivity index (χ1) is 11.3. The lowest BCUT2D eigenvalue weighted by Gasteiger charge is -2.16. The molecular formula is C18H16FNO3. The summed E-state index contributed by atoms with van der Waals surface area (Å²) in [4.78, 5) is 5.53. The molecule has 4 nitrogen and oxygen atoms in total. The van der Waals surface area contributed by atoms with E-state index in [-0.39, 0.29) is 17.8 Å². The highest BCUT2D eigenvalue weighted by Gasteiger charge is 2.39. The lowest BCUT2D eigenvalue weighted by Crippen LogP contribution is -2.29. The number of ether oxygens (including phenoxy) is 2. The maximum Gasteiger partial charge on any atom is 0.184 e. The summed E-state index contributed by atoms with van der Waals surface area (Å²) >= 11 is 0. The Morgan fingerprint density at radius 1 is 0.913 bits per heavy atom. The van der Waals surface area contributed by atoms with Crippen LogP contribution in [0.1, 0.15) is 17.4 Å². The van der Waals surface area contributed by atoms with Crippen molar-refractivity contribution in [2.75, 3.05) is 13.2 Å². The molecule has 0 aromatic heterocycles. The van der Waals surface area contributed by atoms with E-state index in [0.717, 1.165) is 16.8 Å². The van der Waals surface area contributed by atoms with Crippen LogP contribution in [0.25, 0.3) is 0 Å². The third kappa shape index (κ3) is 2.85. The van der Waals surface area contributed by atoms with Gasteiger partial charge in [-0.25, -0.2) is 4.39 Å². The van der Waals surface area contributed by atoms with E-state index in [2.05, 4.69) is 5.16 Å². The molecule has 0 saturated carbocycles. The monoisotopic (exact) mass is 313 g/mol. The number of oxime groups is 1. The average molecular weight is 313 g/mol. The molecule has 118 valence electrons. The Morgan fingerprint density at radius 3 is 2.43 bits per heavy atom. The number of rotatable bonds is 2. The summed E-state index contributed by atoms with van der Waals surface area (Å²) in [6.07, 6.45) is -0.669. The second-order valence-corrected chi connectivity index (χ2v) is 5.64. The highest BCUT2D eigenvalue weighted by molar-refractivity contribution is 6.03. The van der Waals surface area contributed by atoms with Crippen LogP contribution in [0, 0.1) is 11.7 Å². The first-order valence-corrected chi connectivity index (χ1v) is 7.59. The van der Waals surface area contributed by atoms with E-state index in [0.29, 0.717) is 13.2 Å². The number of fused-ring (bicyclic) bond motifs is 1. The first-order valence-electron chi connectivity index (χ1n) is 7.59. The molecule has 0 amide bonds. The van der Waals surface area contributed by atoms with Crippen LogP contribution in [0.4, 0.5) is 4.39 Å². The second kappa shape index (κ2) is 6.10. The molecule has 2 aliphatic heterocycles. The van der Waals surface area contributed by atoms with Gasteiger partial charge in [-0.15, -0.1) is 0 Å². The number of halogens is 1. The Kier molecular flexibility index (Phi) is 3.81. The highest BCUT2D eigenvalue weighted by atomic mass is 19.1. The summed E-state index contributed by atoms with van der Waals surface area (Å²) in [7, 11) is 0. The number of hydrogen-bond donors (Lipinski definition) is 0. The molecule has 3 atom stereocenters. The summed E-state index contributed by atoms with van der Waals surface area (Å²) in [5, 5.41) is 4.21. The van der Waals surface area contributed by atoms with Gasteiger partial charge in [-0.05, 0) is 17.7 Å². The van der Waals surface area contributed by atoms with Gasteiger partial charge in [-0.1, -0.05) is 47.6 Å². The van der Waals surface area contributed by atoms with Gasteiger partial charge in [0.25, 0.3) is 0 Å². The van der Waals surface area contributed by atoms with Gasteiger partial charge in [0.05, 0.1) is 24.8 Å². The summed E-state index contributed by atoms with van der Waals surface area (Å²) in [6, 6.07) is 16.1. The standard InChI is InChI=1S/C18H16FNO3/c19-14-8-6-13(7-9-14)18-21-10-15-16(11-22-18)23-20-17(15)12-4-2-1-3-5-12/h1-9,15-16,18H,10-11H2/t15-,16+,18+/m1/s1. The first kappa shape index (κ1) is 14.4. The third-order valence-corrected chi connectivity index (χ3v) is 4.14. The molecule has 4 rings (SSSR count). The van der Waals surface area contributed by atoms with E-state index in [1.165, 1.54) is 12.1 Å². The van der Waals surface area contributed by atoms with Crippen LogP contribution in [0.2, 0.25) is 0 Å². The van der Waals surface area contributed by atoms with Crippen molar-refractivity contribution >= 4 is 5.71 Å². The molecule has 2 aromatic rings. The quantitative estimate of drug-likeness (QED) is 0.854. The lowest BCUT2D eigenvalue weighted by atomic mass is 9.93. The fraction of sp³-hybridized carbons (Fsp3) is 0.278. The Hall–Kier alpha value is -2.24. The summed E-state index contributed by atoms with van der Waals surface area (Å²) in [5.74, 6) is -0.246.